The molecule has 1 aliphatic heterocycles. The molecule has 14 heavy (non-hydrogen) atoms. The zero-order chi connectivity index (χ0) is 10.0. The van der Waals surface area contributed by atoms with Crippen LogP contribution in [-0.4, -0.2) is 24.3 Å². The van der Waals surface area contributed by atoms with Crippen LogP contribution in [0.5, 0.6) is 0 Å². The minimum atomic E-state index is -0.705. The van der Waals surface area contributed by atoms with E-state index in [0.29, 0.717) is 19.6 Å². The van der Waals surface area contributed by atoms with Crippen molar-refractivity contribution in [1.82, 2.24) is 0 Å². The van der Waals surface area contributed by atoms with E-state index in [1.807, 2.05) is 0 Å². The Morgan fingerprint density at radius 3 is 2.86 bits per heavy atom. The van der Waals surface area contributed by atoms with Crippen molar-refractivity contribution in [3.05, 3.63) is 11.6 Å². The van der Waals surface area contributed by atoms with Crippen molar-refractivity contribution < 1.29 is 14.6 Å². The number of hydrogen-bond donors (Lipinski definition) is 1. The van der Waals surface area contributed by atoms with Gasteiger partial charge in [0.05, 0.1) is 6.61 Å². The molecular weight excluding hydrogens is 180 g/mol. The summed E-state index contributed by atoms with van der Waals surface area (Å²) in [5, 5.41) is 9.30. The average Bonchev–Trinajstić information content (AvgIpc) is 2.69. The first-order valence-corrected chi connectivity index (χ1v) is 5.26. The van der Waals surface area contributed by atoms with E-state index in [1.165, 1.54) is 6.42 Å². The second-order valence-electron chi connectivity index (χ2n) is 4.16. The zero-order valence-electron chi connectivity index (χ0n) is 8.29. The number of allylic oxidation sites excluding steroid dienone is 1. The quantitative estimate of drug-likeness (QED) is 0.687. The first-order chi connectivity index (χ1) is 6.76. The molecule has 0 spiro atoms. The SMILES string of the molecule is O=C(O)C1(C2=CCCCC2)CCOC1. The number of rotatable bonds is 2. The van der Waals surface area contributed by atoms with Gasteiger partial charge in [0.2, 0.25) is 0 Å². The van der Waals surface area contributed by atoms with Gasteiger partial charge in [0.1, 0.15) is 5.41 Å². The number of carbonyl (C=O) groups is 1. The zero-order valence-corrected chi connectivity index (χ0v) is 8.29. The molecule has 1 unspecified atom stereocenters. The fourth-order valence-corrected chi connectivity index (χ4v) is 2.40. The lowest BCUT2D eigenvalue weighted by atomic mass is 9.75. The Morgan fingerprint density at radius 2 is 2.36 bits per heavy atom. The van der Waals surface area contributed by atoms with Crippen LogP contribution >= 0.6 is 0 Å². The maximum absolute atomic E-state index is 11.3. The average molecular weight is 196 g/mol. The van der Waals surface area contributed by atoms with Gasteiger partial charge in [-0.3, -0.25) is 4.79 Å². The summed E-state index contributed by atoms with van der Waals surface area (Å²) in [5.41, 5.74) is 0.425. The Morgan fingerprint density at radius 1 is 1.50 bits per heavy atom. The van der Waals surface area contributed by atoms with Gasteiger partial charge in [0, 0.05) is 6.61 Å². The third-order valence-electron chi connectivity index (χ3n) is 3.34. The van der Waals surface area contributed by atoms with Gasteiger partial charge in [-0.15, -0.1) is 0 Å². The third-order valence-corrected chi connectivity index (χ3v) is 3.34. The van der Waals surface area contributed by atoms with Crippen molar-refractivity contribution in [3.63, 3.8) is 0 Å². The molecule has 0 bridgehead atoms. The van der Waals surface area contributed by atoms with Gasteiger partial charge in [0.25, 0.3) is 0 Å². The smallest absolute Gasteiger partial charge is 0.316 e. The van der Waals surface area contributed by atoms with Crippen LogP contribution in [0.15, 0.2) is 11.6 Å². The maximum atomic E-state index is 11.3. The molecule has 1 heterocycles. The molecule has 2 aliphatic rings. The standard InChI is InChI=1S/C11H16O3/c12-10(13)11(6-7-14-8-11)9-4-2-1-3-5-9/h4H,1-3,5-8H2,(H,12,13). The van der Waals surface area contributed by atoms with Crippen molar-refractivity contribution in [1.29, 1.82) is 0 Å². The molecular formula is C11H16O3. The molecule has 0 amide bonds. The first kappa shape index (κ1) is 9.71. The number of ether oxygens (including phenoxy) is 1. The van der Waals surface area contributed by atoms with Crippen LogP contribution in [0.3, 0.4) is 0 Å². The van der Waals surface area contributed by atoms with Crippen LogP contribution in [0, 0.1) is 5.41 Å². The van der Waals surface area contributed by atoms with Gasteiger partial charge in [-0.2, -0.15) is 0 Å². The lowest BCUT2D eigenvalue weighted by Gasteiger charge is -2.28. The van der Waals surface area contributed by atoms with Gasteiger partial charge in [0.15, 0.2) is 0 Å². The molecule has 1 fully saturated rings. The Labute approximate surface area is 83.8 Å². The maximum Gasteiger partial charge on any atom is 0.316 e. The fourth-order valence-electron chi connectivity index (χ4n) is 2.40. The molecule has 0 saturated carbocycles. The number of aliphatic carboxylic acids is 1. The van der Waals surface area contributed by atoms with Gasteiger partial charge in [-0.05, 0) is 32.1 Å². The van der Waals surface area contributed by atoms with Crippen LogP contribution in [-0.2, 0) is 9.53 Å². The Hall–Kier alpha value is -0.830. The molecule has 78 valence electrons. The summed E-state index contributed by atoms with van der Waals surface area (Å²) in [6.45, 7) is 0.956. The van der Waals surface area contributed by atoms with Crippen molar-refractivity contribution >= 4 is 5.97 Å². The Bertz CT molecular complexity index is 262. The summed E-state index contributed by atoms with van der Waals surface area (Å²) < 4.78 is 5.25. The van der Waals surface area contributed by atoms with E-state index in [4.69, 9.17) is 4.74 Å². The molecule has 0 radical (unpaired) electrons. The predicted octanol–water partition coefficient (Wildman–Crippen LogP) is 1.98. The van der Waals surface area contributed by atoms with E-state index < -0.39 is 11.4 Å². The van der Waals surface area contributed by atoms with Crippen molar-refractivity contribution in [2.75, 3.05) is 13.2 Å². The van der Waals surface area contributed by atoms with Gasteiger partial charge < -0.3 is 9.84 Å². The fraction of sp³-hybridized carbons (Fsp3) is 0.727. The predicted molar refractivity (Wildman–Crippen MR) is 52.1 cm³/mol. The van der Waals surface area contributed by atoms with E-state index in [-0.39, 0.29) is 0 Å². The minimum absolute atomic E-state index is 0.369. The van der Waals surface area contributed by atoms with Crippen molar-refractivity contribution in [3.8, 4) is 0 Å². The molecule has 0 aromatic carbocycles. The Balaban J connectivity index is 2.25. The molecule has 0 aromatic rings. The minimum Gasteiger partial charge on any atom is -0.481 e. The van der Waals surface area contributed by atoms with Crippen LogP contribution < -0.4 is 0 Å². The van der Waals surface area contributed by atoms with Crippen LogP contribution in [0.2, 0.25) is 0 Å². The summed E-state index contributed by atoms with van der Waals surface area (Å²) in [6, 6.07) is 0. The molecule has 1 N–H and O–H groups in total. The largest absolute Gasteiger partial charge is 0.481 e. The number of carboxylic acids is 1. The van der Waals surface area contributed by atoms with Crippen molar-refractivity contribution in [2.45, 2.75) is 32.1 Å². The van der Waals surface area contributed by atoms with Crippen LogP contribution in [0.1, 0.15) is 32.1 Å². The van der Waals surface area contributed by atoms with Gasteiger partial charge in [-0.25, -0.2) is 0 Å². The summed E-state index contributed by atoms with van der Waals surface area (Å²) in [6.07, 6.45) is 7.06. The number of carboxylic acid groups (broad SMARTS) is 1. The molecule has 1 saturated heterocycles. The first-order valence-electron chi connectivity index (χ1n) is 5.26. The lowest BCUT2D eigenvalue weighted by molar-refractivity contribution is -0.146. The second-order valence-corrected chi connectivity index (χ2v) is 4.16. The van der Waals surface area contributed by atoms with Crippen LogP contribution in [0.4, 0.5) is 0 Å². The van der Waals surface area contributed by atoms with Crippen LogP contribution in [0.25, 0.3) is 0 Å². The summed E-state index contributed by atoms with van der Waals surface area (Å²) in [7, 11) is 0. The highest BCUT2D eigenvalue weighted by molar-refractivity contribution is 5.79. The molecule has 1 aliphatic carbocycles. The highest BCUT2D eigenvalue weighted by Crippen LogP contribution is 2.41. The number of hydrogen-bond acceptors (Lipinski definition) is 2. The van der Waals surface area contributed by atoms with Crippen molar-refractivity contribution in [2.24, 2.45) is 5.41 Å². The molecule has 2 rings (SSSR count). The molecule has 0 aromatic heterocycles. The topological polar surface area (TPSA) is 46.5 Å². The summed E-state index contributed by atoms with van der Waals surface area (Å²) in [4.78, 5) is 11.3. The Kier molecular flexibility index (Phi) is 2.59. The second kappa shape index (κ2) is 3.73. The van der Waals surface area contributed by atoms with E-state index >= 15 is 0 Å². The molecule has 3 heteroatoms. The summed E-state index contributed by atoms with van der Waals surface area (Å²) >= 11 is 0. The summed E-state index contributed by atoms with van der Waals surface area (Å²) in [5.74, 6) is -0.705. The van der Waals surface area contributed by atoms with Gasteiger partial charge >= 0.3 is 5.97 Å². The van der Waals surface area contributed by atoms with Gasteiger partial charge in [-0.1, -0.05) is 11.6 Å². The highest BCUT2D eigenvalue weighted by Gasteiger charge is 2.45. The monoisotopic (exact) mass is 196 g/mol. The third kappa shape index (κ3) is 1.46. The van der Waals surface area contributed by atoms with E-state index in [1.54, 1.807) is 0 Å². The highest BCUT2D eigenvalue weighted by atomic mass is 16.5. The molecule has 3 nitrogen and oxygen atoms in total. The van der Waals surface area contributed by atoms with E-state index in [0.717, 1.165) is 24.8 Å². The molecule has 1 atom stereocenters. The lowest BCUT2D eigenvalue weighted by Crippen LogP contribution is -2.34. The van der Waals surface area contributed by atoms with E-state index in [9.17, 15) is 9.90 Å². The van der Waals surface area contributed by atoms with E-state index in [2.05, 4.69) is 6.08 Å². The normalized spacial score (nSPS) is 32.7.